The van der Waals surface area contributed by atoms with E-state index in [1.54, 1.807) is 13.0 Å². The molecule has 10 nitrogen and oxygen atoms in total. The molecule has 0 atom stereocenters. The molecule has 3 aromatic heterocycles. The monoisotopic (exact) mass is 524 g/mol. The molecule has 1 aromatic carbocycles. The number of thiophene rings is 1. The average molecular weight is 525 g/mol. The highest BCUT2D eigenvalue weighted by Crippen LogP contribution is 2.28. The van der Waals surface area contributed by atoms with Crippen LogP contribution in [-0.2, 0) is 10.0 Å². The maximum Gasteiger partial charge on any atom is 0.256 e. The fourth-order valence-corrected chi connectivity index (χ4v) is 6.26. The maximum atomic E-state index is 13.1. The summed E-state index contributed by atoms with van der Waals surface area (Å²) in [6.07, 6.45) is 2.73. The first kappa shape index (κ1) is 24.1. The fourth-order valence-electron chi connectivity index (χ4n) is 4.06. The lowest BCUT2D eigenvalue weighted by molar-refractivity contribution is 0.102. The van der Waals surface area contributed by atoms with Crippen molar-refractivity contribution < 1.29 is 13.2 Å². The number of carbonyl (C=O) groups is 1. The average Bonchev–Trinajstić information content (AvgIpc) is 3.54. The van der Waals surface area contributed by atoms with E-state index in [-0.39, 0.29) is 22.0 Å². The van der Waals surface area contributed by atoms with Gasteiger partial charge in [0.2, 0.25) is 16.0 Å². The summed E-state index contributed by atoms with van der Waals surface area (Å²) >= 11 is 1.49. The Bertz CT molecular complexity index is 1550. The van der Waals surface area contributed by atoms with E-state index in [4.69, 9.17) is 0 Å². The molecule has 0 saturated carbocycles. The molecule has 186 valence electrons. The summed E-state index contributed by atoms with van der Waals surface area (Å²) < 4.78 is 28.7. The van der Waals surface area contributed by atoms with Gasteiger partial charge in [-0.25, -0.2) is 13.4 Å². The molecule has 2 N–H and O–H groups in total. The first-order chi connectivity index (χ1) is 17.3. The van der Waals surface area contributed by atoms with E-state index >= 15 is 0 Å². The second-order valence-corrected chi connectivity index (χ2v) is 11.3. The van der Waals surface area contributed by atoms with Gasteiger partial charge in [-0.1, -0.05) is 12.5 Å². The number of hydrogen-bond acceptors (Lipinski definition) is 7. The highest BCUT2D eigenvalue weighted by molar-refractivity contribution is 7.89. The largest absolute Gasteiger partial charge is 0.306 e. The smallest absolute Gasteiger partial charge is 0.256 e. The van der Waals surface area contributed by atoms with Gasteiger partial charge in [0.05, 0.1) is 9.77 Å². The van der Waals surface area contributed by atoms with Crippen LogP contribution >= 0.6 is 11.3 Å². The van der Waals surface area contributed by atoms with Crippen molar-refractivity contribution >= 4 is 33.1 Å². The number of aromatic nitrogens is 4. The molecular formula is C24H24N6O4S2. The number of rotatable bonds is 6. The van der Waals surface area contributed by atoms with Crippen LogP contribution in [0.15, 0.2) is 63.6 Å². The van der Waals surface area contributed by atoms with Gasteiger partial charge in [0.25, 0.3) is 11.5 Å². The third-order valence-corrected chi connectivity index (χ3v) is 8.66. The predicted molar refractivity (Wildman–Crippen MR) is 137 cm³/mol. The van der Waals surface area contributed by atoms with E-state index in [1.807, 2.05) is 17.5 Å². The van der Waals surface area contributed by atoms with Crippen LogP contribution in [0.2, 0.25) is 0 Å². The first-order valence-corrected chi connectivity index (χ1v) is 13.8. The fraction of sp³-hybridized carbons (Fsp3) is 0.250. The highest BCUT2D eigenvalue weighted by atomic mass is 32.2. The van der Waals surface area contributed by atoms with Crippen molar-refractivity contribution in [2.75, 3.05) is 18.4 Å². The van der Waals surface area contributed by atoms with Crippen LogP contribution < -0.4 is 10.9 Å². The van der Waals surface area contributed by atoms with Crippen molar-refractivity contribution in [3.05, 3.63) is 75.5 Å². The Labute approximate surface area is 211 Å². The zero-order valence-electron chi connectivity index (χ0n) is 19.5. The van der Waals surface area contributed by atoms with E-state index in [2.05, 4.69) is 20.4 Å². The van der Waals surface area contributed by atoms with Crippen molar-refractivity contribution in [3.8, 4) is 16.5 Å². The molecule has 1 amide bonds. The standard InChI is InChI=1S/C24H24N6O4S2/c1-16-14-22(31)27-24(25-16)30-21(15-19(28-30)20-6-5-13-35-20)26-23(32)17-7-9-18(10-8-17)36(33,34)29-11-3-2-4-12-29/h5-10,13-15H,2-4,11-12H2,1H3,(H,26,32)(H,25,27,31). The number of H-pyrrole nitrogens is 1. The van der Waals surface area contributed by atoms with Gasteiger partial charge in [-0.2, -0.15) is 14.1 Å². The Kier molecular flexibility index (Phi) is 6.56. The predicted octanol–water partition coefficient (Wildman–Crippen LogP) is 3.42. The molecule has 1 saturated heterocycles. The van der Waals surface area contributed by atoms with E-state index in [9.17, 15) is 18.0 Å². The van der Waals surface area contributed by atoms with Gasteiger partial charge in [0, 0.05) is 36.5 Å². The Hall–Kier alpha value is -3.61. The Morgan fingerprint density at radius 2 is 1.83 bits per heavy atom. The van der Waals surface area contributed by atoms with Crippen LogP contribution in [0, 0.1) is 6.92 Å². The lowest BCUT2D eigenvalue weighted by atomic mass is 10.2. The van der Waals surface area contributed by atoms with Crippen molar-refractivity contribution in [1.82, 2.24) is 24.1 Å². The SMILES string of the molecule is Cc1cc(=O)[nH]c(-n2nc(-c3cccs3)cc2NC(=O)c2ccc(S(=O)(=O)N3CCCCC3)cc2)n1. The van der Waals surface area contributed by atoms with E-state index < -0.39 is 15.9 Å². The summed E-state index contributed by atoms with van der Waals surface area (Å²) in [7, 11) is -3.59. The van der Waals surface area contributed by atoms with Crippen LogP contribution in [0.4, 0.5) is 5.82 Å². The summed E-state index contributed by atoms with van der Waals surface area (Å²) in [5.74, 6) is 0.0223. The van der Waals surface area contributed by atoms with Crippen LogP contribution in [0.25, 0.3) is 16.5 Å². The van der Waals surface area contributed by atoms with Crippen molar-refractivity contribution in [3.63, 3.8) is 0 Å². The number of benzene rings is 1. The summed E-state index contributed by atoms with van der Waals surface area (Å²) in [5, 5.41) is 9.27. The third-order valence-electron chi connectivity index (χ3n) is 5.85. The van der Waals surface area contributed by atoms with Crippen molar-refractivity contribution in [2.45, 2.75) is 31.1 Å². The molecule has 0 unspecified atom stereocenters. The van der Waals surface area contributed by atoms with Crippen molar-refractivity contribution in [2.24, 2.45) is 0 Å². The molecule has 0 radical (unpaired) electrons. The molecule has 1 fully saturated rings. The Morgan fingerprint density at radius 3 is 2.50 bits per heavy atom. The summed E-state index contributed by atoms with van der Waals surface area (Å²) in [5.41, 5.74) is 1.05. The molecule has 36 heavy (non-hydrogen) atoms. The van der Waals surface area contributed by atoms with Crippen LogP contribution in [0.1, 0.15) is 35.3 Å². The lowest BCUT2D eigenvalue weighted by Gasteiger charge is -2.25. The lowest BCUT2D eigenvalue weighted by Crippen LogP contribution is -2.35. The van der Waals surface area contributed by atoms with E-state index in [1.165, 1.54) is 50.7 Å². The molecule has 4 heterocycles. The second kappa shape index (κ2) is 9.80. The van der Waals surface area contributed by atoms with Gasteiger partial charge in [-0.15, -0.1) is 11.3 Å². The van der Waals surface area contributed by atoms with Gasteiger partial charge in [0.15, 0.2) is 0 Å². The van der Waals surface area contributed by atoms with Gasteiger partial charge in [-0.3, -0.25) is 14.6 Å². The Balaban J connectivity index is 1.43. The minimum Gasteiger partial charge on any atom is -0.306 e. The van der Waals surface area contributed by atoms with Crippen LogP contribution in [-0.4, -0.2) is 51.5 Å². The summed E-state index contributed by atoms with van der Waals surface area (Å²) in [4.78, 5) is 33.2. The number of nitrogens with one attached hydrogen (secondary N) is 2. The molecule has 1 aliphatic heterocycles. The summed E-state index contributed by atoms with van der Waals surface area (Å²) in [6.45, 7) is 2.71. The van der Waals surface area contributed by atoms with Crippen LogP contribution in [0.3, 0.4) is 0 Å². The number of amides is 1. The number of hydrogen-bond donors (Lipinski definition) is 2. The number of nitrogens with zero attached hydrogens (tertiary/aromatic N) is 4. The molecule has 0 bridgehead atoms. The molecule has 12 heteroatoms. The van der Waals surface area contributed by atoms with Gasteiger partial charge in [-0.05, 0) is 55.5 Å². The number of aryl methyl sites for hydroxylation is 1. The first-order valence-electron chi connectivity index (χ1n) is 11.5. The minimum atomic E-state index is -3.59. The Morgan fingerprint density at radius 1 is 1.08 bits per heavy atom. The van der Waals surface area contributed by atoms with Gasteiger partial charge in [0.1, 0.15) is 11.5 Å². The molecule has 5 rings (SSSR count). The number of aromatic amines is 1. The molecule has 0 spiro atoms. The normalized spacial score (nSPS) is 14.6. The number of piperidine rings is 1. The number of sulfonamides is 1. The summed E-state index contributed by atoms with van der Waals surface area (Å²) in [6, 6.07) is 12.7. The molecular weight excluding hydrogens is 500 g/mol. The van der Waals surface area contributed by atoms with E-state index in [0.717, 1.165) is 24.1 Å². The van der Waals surface area contributed by atoms with Crippen molar-refractivity contribution in [1.29, 1.82) is 0 Å². The molecule has 0 aliphatic carbocycles. The second-order valence-electron chi connectivity index (χ2n) is 8.46. The molecule has 4 aromatic rings. The number of anilines is 1. The van der Waals surface area contributed by atoms with E-state index in [0.29, 0.717) is 30.3 Å². The minimum absolute atomic E-state index is 0.160. The van der Waals surface area contributed by atoms with Crippen LogP contribution in [0.5, 0.6) is 0 Å². The zero-order chi connectivity index (χ0) is 25.3. The van der Waals surface area contributed by atoms with Gasteiger partial charge >= 0.3 is 0 Å². The quantitative estimate of drug-likeness (QED) is 0.398. The highest BCUT2D eigenvalue weighted by Gasteiger charge is 2.26. The maximum absolute atomic E-state index is 13.1. The third kappa shape index (κ3) is 4.87. The molecule has 1 aliphatic rings. The number of carbonyl (C=O) groups excluding carboxylic acids is 1. The zero-order valence-corrected chi connectivity index (χ0v) is 21.1. The topological polar surface area (TPSA) is 130 Å². The van der Waals surface area contributed by atoms with Gasteiger partial charge < -0.3 is 5.32 Å².